The predicted molar refractivity (Wildman–Crippen MR) is 133 cm³/mol. The Labute approximate surface area is 210 Å². The molecule has 3 N–H and O–H groups in total. The van der Waals surface area contributed by atoms with E-state index in [9.17, 15) is 24.6 Å². The van der Waals surface area contributed by atoms with Gasteiger partial charge >= 0.3 is 5.97 Å². The Hall–Kier alpha value is -2.11. The van der Waals surface area contributed by atoms with Crippen LogP contribution in [0.15, 0.2) is 10.6 Å². The normalized spacial score (nSPS) is 33.7. The Bertz CT molecular complexity index is 955. The summed E-state index contributed by atoms with van der Waals surface area (Å²) in [7, 11) is 3.84. The van der Waals surface area contributed by atoms with Gasteiger partial charge in [-0.3, -0.25) is 19.9 Å². The van der Waals surface area contributed by atoms with Crippen LogP contribution in [0.2, 0.25) is 0 Å². The molecule has 0 aromatic carbocycles. The fourth-order valence-electron chi connectivity index (χ4n) is 6.10. The average Bonchev–Trinajstić information content (AvgIpc) is 3.44. The molecule has 0 saturated carbocycles. The molecule has 3 saturated heterocycles. The van der Waals surface area contributed by atoms with Crippen LogP contribution in [0, 0.1) is 23.2 Å². The van der Waals surface area contributed by atoms with Gasteiger partial charge in [0.25, 0.3) is 0 Å². The molecule has 0 aromatic rings. The van der Waals surface area contributed by atoms with Crippen molar-refractivity contribution >= 4 is 35.4 Å². The quantitative estimate of drug-likeness (QED) is 0.261. The van der Waals surface area contributed by atoms with E-state index >= 15 is 0 Å². The molecule has 7 atom stereocenters. The summed E-state index contributed by atoms with van der Waals surface area (Å²) in [5.74, 6) is -1.19. The van der Waals surface area contributed by atoms with Crippen LogP contribution >= 0.6 is 11.8 Å². The van der Waals surface area contributed by atoms with E-state index in [1.165, 1.54) is 16.7 Å². The third-order valence-electron chi connectivity index (χ3n) is 8.10. The molecule has 11 heteroatoms. The standard InChI is InChI=1S/C24H37N5O5S/c1-12-19-18(13(2)30)23(32)29(19)20(24(33)34)21(12)35-16-8-17(27(5)11-16)22(31)28-7-6-15(10-28)9-26(4)14(3)25/h12-13,15-19,25,30H,6-11H2,1-5H3,(H,33,34)/t12-,13-,15-,16+,17+,18?,19+/m1/s1. The zero-order valence-corrected chi connectivity index (χ0v) is 21.9. The number of carbonyl (C=O) groups excluding carboxylic acids is 2. The van der Waals surface area contributed by atoms with Crippen LogP contribution in [-0.2, 0) is 14.4 Å². The van der Waals surface area contributed by atoms with Gasteiger partial charge in [-0.15, -0.1) is 11.8 Å². The highest BCUT2D eigenvalue weighted by atomic mass is 32.2. The Kier molecular flexibility index (Phi) is 7.23. The number of β-lactam (4-membered cyclic amide) rings is 1. The first kappa shape index (κ1) is 26.0. The number of aliphatic hydroxyl groups excluding tert-OH is 1. The smallest absolute Gasteiger partial charge is 0.353 e. The van der Waals surface area contributed by atoms with Crippen molar-refractivity contribution in [1.29, 1.82) is 5.41 Å². The van der Waals surface area contributed by atoms with E-state index < -0.39 is 18.0 Å². The average molecular weight is 508 g/mol. The summed E-state index contributed by atoms with van der Waals surface area (Å²) in [6.07, 6.45) is 0.736. The van der Waals surface area contributed by atoms with Crippen molar-refractivity contribution in [2.75, 3.05) is 40.3 Å². The Morgan fingerprint density at radius 3 is 2.60 bits per heavy atom. The molecule has 1 unspecified atom stereocenters. The summed E-state index contributed by atoms with van der Waals surface area (Å²) in [6, 6.07) is -0.570. The first-order valence-electron chi connectivity index (χ1n) is 12.3. The van der Waals surface area contributed by atoms with Crippen molar-refractivity contribution in [3.63, 3.8) is 0 Å². The molecule has 4 aliphatic heterocycles. The van der Waals surface area contributed by atoms with Gasteiger partial charge in [-0.25, -0.2) is 4.79 Å². The number of aliphatic carboxylic acids is 1. The zero-order valence-electron chi connectivity index (χ0n) is 21.1. The fraction of sp³-hybridized carbons (Fsp3) is 0.750. The summed E-state index contributed by atoms with van der Waals surface area (Å²) in [5.41, 5.74) is 0.0415. The molecule has 2 amide bonds. The molecule has 0 bridgehead atoms. The summed E-state index contributed by atoms with van der Waals surface area (Å²) < 4.78 is 0. The number of fused-ring (bicyclic) bond motifs is 1. The van der Waals surface area contributed by atoms with Crippen molar-refractivity contribution in [2.45, 2.75) is 57.1 Å². The van der Waals surface area contributed by atoms with Gasteiger partial charge in [-0.05, 0) is 39.7 Å². The number of thioether (sulfide) groups is 1. The van der Waals surface area contributed by atoms with Gasteiger partial charge in [-0.2, -0.15) is 0 Å². The number of rotatable bonds is 7. The Morgan fingerprint density at radius 1 is 1.31 bits per heavy atom. The van der Waals surface area contributed by atoms with E-state index in [0.717, 1.165) is 19.5 Å². The number of hydrogen-bond donors (Lipinski definition) is 3. The fourth-order valence-corrected chi connectivity index (χ4v) is 7.70. The van der Waals surface area contributed by atoms with Gasteiger partial charge in [-0.1, -0.05) is 6.92 Å². The number of carboxylic acid groups (broad SMARTS) is 1. The molecule has 3 fully saturated rings. The number of nitrogens with one attached hydrogen (secondary N) is 1. The van der Waals surface area contributed by atoms with Crippen LogP contribution in [0.4, 0.5) is 0 Å². The molecule has 4 heterocycles. The Balaban J connectivity index is 1.41. The van der Waals surface area contributed by atoms with Gasteiger partial charge in [0.2, 0.25) is 11.8 Å². The van der Waals surface area contributed by atoms with Crippen LogP contribution < -0.4 is 0 Å². The molecule has 0 aliphatic carbocycles. The van der Waals surface area contributed by atoms with Crippen LogP contribution in [0.25, 0.3) is 0 Å². The summed E-state index contributed by atoms with van der Waals surface area (Å²) >= 11 is 1.48. The monoisotopic (exact) mass is 507 g/mol. The van der Waals surface area contributed by atoms with Crippen molar-refractivity contribution in [1.82, 2.24) is 19.6 Å². The number of carboxylic acids is 1. The molecule has 0 radical (unpaired) electrons. The number of likely N-dealkylation sites (tertiary alicyclic amines) is 2. The van der Waals surface area contributed by atoms with E-state index in [1.807, 2.05) is 30.8 Å². The molecule has 194 valence electrons. The van der Waals surface area contributed by atoms with E-state index in [1.54, 1.807) is 13.8 Å². The Morgan fingerprint density at radius 2 is 2.00 bits per heavy atom. The van der Waals surface area contributed by atoms with E-state index in [4.69, 9.17) is 5.41 Å². The van der Waals surface area contributed by atoms with Crippen molar-refractivity contribution in [3.8, 4) is 0 Å². The van der Waals surface area contributed by atoms with Crippen LogP contribution in [0.5, 0.6) is 0 Å². The van der Waals surface area contributed by atoms with E-state index in [-0.39, 0.29) is 40.8 Å². The number of likely N-dealkylation sites (N-methyl/N-ethyl adjacent to an activating group) is 1. The highest BCUT2D eigenvalue weighted by Crippen LogP contribution is 2.52. The maximum atomic E-state index is 13.4. The summed E-state index contributed by atoms with van der Waals surface area (Å²) in [4.78, 5) is 46.0. The summed E-state index contributed by atoms with van der Waals surface area (Å²) in [6.45, 7) is 8.12. The lowest BCUT2D eigenvalue weighted by molar-refractivity contribution is -0.163. The maximum Gasteiger partial charge on any atom is 0.353 e. The molecular weight excluding hydrogens is 470 g/mol. The predicted octanol–water partition coefficient (Wildman–Crippen LogP) is 0.723. The number of hydrogen-bond acceptors (Lipinski definition) is 7. The summed E-state index contributed by atoms with van der Waals surface area (Å²) in [5, 5.41) is 27.7. The first-order chi connectivity index (χ1) is 16.4. The number of aliphatic hydroxyl groups is 1. The van der Waals surface area contributed by atoms with Crippen molar-refractivity contribution in [3.05, 3.63) is 10.6 Å². The molecule has 0 aromatic heterocycles. The lowest BCUT2D eigenvalue weighted by Gasteiger charge is -2.46. The number of amides is 2. The maximum absolute atomic E-state index is 13.4. The lowest BCUT2D eigenvalue weighted by atomic mass is 9.79. The number of carbonyl (C=O) groups is 3. The second-order valence-corrected chi connectivity index (χ2v) is 11.9. The van der Waals surface area contributed by atoms with Gasteiger partial charge in [0, 0.05) is 49.3 Å². The number of amidine groups is 1. The minimum atomic E-state index is -1.12. The van der Waals surface area contributed by atoms with E-state index in [2.05, 4.69) is 4.90 Å². The minimum absolute atomic E-state index is 0.0415. The highest BCUT2D eigenvalue weighted by Gasteiger charge is 2.60. The molecule has 0 spiro atoms. The van der Waals surface area contributed by atoms with Crippen molar-refractivity contribution in [2.24, 2.45) is 17.8 Å². The molecular formula is C24H37N5O5S. The second-order valence-electron chi connectivity index (χ2n) is 10.6. The van der Waals surface area contributed by atoms with Gasteiger partial charge in [0.15, 0.2) is 0 Å². The SMILES string of the molecule is CC(=N)N(C)C[C@H]1CCN(C(=O)[C@@H]2C[C@H](SC3=C(C(=O)O)N4C(=O)C([C@@H](C)O)[C@@H]4[C@H]3C)CN2C)C1. The third-order valence-corrected chi connectivity index (χ3v) is 9.60. The number of nitrogens with zero attached hydrogens (tertiary/aromatic N) is 4. The highest BCUT2D eigenvalue weighted by molar-refractivity contribution is 8.03. The molecule has 4 aliphatic rings. The second kappa shape index (κ2) is 9.74. The zero-order chi connectivity index (χ0) is 25.8. The third kappa shape index (κ3) is 4.58. The van der Waals surface area contributed by atoms with Crippen LogP contribution in [0.3, 0.4) is 0 Å². The van der Waals surface area contributed by atoms with Gasteiger partial charge < -0.3 is 24.9 Å². The van der Waals surface area contributed by atoms with E-state index in [0.29, 0.717) is 36.2 Å². The topological polar surface area (TPSA) is 128 Å². The molecule has 35 heavy (non-hydrogen) atoms. The minimum Gasteiger partial charge on any atom is -0.477 e. The largest absolute Gasteiger partial charge is 0.477 e. The van der Waals surface area contributed by atoms with Crippen LogP contribution in [0.1, 0.15) is 33.6 Å². The first-order valence-corrected chi connectivity index (χ1v) is 13.2. The van der Waals surface area contributed by atoms with Crippen molar-refractivity contribution < 1.29 is 24.6 Å². The lowest BCUT2D eigenvalue weighted by Crippen LogP contribution is -2.63. The van der Waals surface area contributed by atoms with Gasteiger partial charge in [0.05, 0.1) is 29.9 Å². The van der Waals surface area contributed by atoms with Gasteiger partial charge in [0.1, 0.15) is 5.70 Å². The molecule has 10 nitrogen and oxygen atoms in total. The molecule has 4 rings (SSSR count). The van der Waals surface area contributed by atoms with Crippen LogP contribution in [-0.4, -0.2) is 117 Å².